The Hall–Kier alpha value is -3.77. The van der Waals surface area contributed by atoms with E-state index in [1.807, 2.05) is 30.3 Å². The molecule has 0 radical (unpaired) electrons. The Morgan fingerprint density at radius 1 is 0.941 bits per heavy atom. The Morgan fingerprint density at radius 2 is 1.71 bits per heavy atom. The monoisotopic (exact) mass is 457 g/mol. The molecule has 3 aromatic carbocycles. The van der Waals surface area contributed by atoms with E-state index in [1.165, 1.54) is 35.1 Å². The van der Waals surface area contributed by atoms with E-state index in [-0.39, 0.29) is 17.4 Å². The van der Waals surface area contributed by atoms with Crippen LogP contribution in [0.5, 0.6) is 0 Å². The minimum absolute atomic E-state index is 0.249. The van der Waals surface area contributed by atoms with E-state index in [9.17, 15) is 9.18 Å². The van der Waals surface area contributed by atoms with Crippen LogP contribution in [0.4, 0.5) is 4.39 Å². The van der Waals surface area contributed by atoms with Gasteiger partial charge in [-0.15, -0.1) is 0 Å². The Morgan fingerprint density at radius 3 is 2.44 bits per heavy atom. The van der Waals surface area contributed by atoms with Gasteiger partial charge in [0.25, 0.3) is 5.91 Å². The van der Waals surface area contributed by atoms with Crippen molar-refractivity contribution in [3.8, 4) is 0 Å². The number of amides is 1. The van der Waals surface area contributed by atoms with Gasteiger partial charge < -0.3 is 9.73 Å². The van der Waals surface area contributed by atoms with Crippen molar-refractivity contribution in [2.75, 3.05) is 0 Å². The van der Waals surface area contributed by atoms with Crippen molar-refractivity contribution < 1.29 is 13.6 Å². The van der Waals surface area contributed by atoms with E-state index >= 15 is 0 Å². The Bertz CT molecular complexity index is 1240. The predicted octanol–water partition coefficient (Wildman–Crippen LogP) is 5.56. The molecule has 1 heterocycles. The molecule has 0 aliphatic rings. The van der Waals surface area contributed by atoms with Gasteiger partial charge in [-0.25, -0.2) is 9.37 Å². The standard InChI is InChI=1S/C28H28FN3O2/c1-20-8-11-24(21(2)14-20)17-32(16-23-9-12-25(29)13-10-23)18-27-31-26(19-34-27)28(33)30-15-22-6-4-3-5-7-22/h3-14,19H,15-18H2,1-2H3,(H,30,33). The van der Waals surface area contributed by atoms with Gasteiger partial charge in [-0.1, -0.05) is 66.2 Å². The topological polar surface area (TPSA) is 58.4 Å². The highest BCUT2D eigenvalue weighted by Crippen LogP contribution is 2.18. The molecule has 0 spiro atoms. The number of aryl methyl sites for hydroxylation is 2. The van der Waals surface area contributed by atoms with Crippen LogP contribution in [0.2, 0.25) is 0 Å². The Balaban J connectivity index is 1.46. The van der Waals surface area contributed by atoms with Crippen molar-refractivity contribution in [2.45, 2.75) is 40.0 Å². The van der Waals surface area contributed by atoms with E-state index in [4.69, 9.17) is 4.42 Å². The summed E-state index contributed by atoms with van der Waals surface area (Å²) in [5.74, 6) is -0.0846. The Kier molecular flexibility index (Phi) is 7.50. The maximum atomic E-state index is 13.4. The zero-order valence-corrected chi connectivity index (χ0v) is 19.4. The minimum Gasteiger partial charge on any atom is -0.447 e. The van der Waals surface area contributed by atoms with Gasteiger partial charge >= 0.3 is 0 Å². The molecule has 4 rings (SSSR count). The molecule has 34 heavy (non-hydrogen) atoms. The maximum absolute atomic E-state index is 13.4. The molecular formula is C28H28FN3O2. The predicted molar refractivity (Wildman–Crippen MR) is 129 cm³/mol. The number of benzene rings is 3. The van der Waals surface area contributed by atoms with E-state index in [2.05, 4.69) is 47.2 Å². The fraction of sp³-hybridized carbons (Fsp3) is 0.214. The van der Waals surface area contributed by atoms with Crippen molar-refractivity contribution in [1.29, 1.82) is 0 Å². The Labute approximate surface area is 199 Å². The first-order valence-corrected chi connectivity index (χ1v) is 11.3. The van der Waals surface area contributed by atoms with Crippen molar-refractivity contribution >= 4 is 5.91 Å². The fourth-order valence-corrected chi connectivity index (χ4v) is 3.83. The molecule has 6 heteroatoms. The second-order valence-corrected chi connectivity index (χ2v) is 8.50. The summed E-state index contributed by atoms with van der Waals surface area (Å²) in [4.78, 5) is 19.1. The number of hydrogen-bond donors (Lipinski definition) is 1. The van der Waals surface area contributed by atoms with Gasteiger partial charge in [0.1, 0.15) is 12.1 Å². The van der Waals surface area contributed by atoms with Gasteiger partial charge in [0, 0.05) is 19.6 Å². The van der Waals surface area contributed by atoms with Gasteiger partial charge in [0.2, 0.25) is 5.89 Å². The molecule has 0 aliphatic carbocycles. The van der Waals surface area contributed by atoms with Crippen LogP contribution < -0.4 is 5.32 Å². The summed E-state index contributed by atoms with van der Waals surface area (Å²) >= 11 is 0. The van der Waals surface area contributed by atoms with Gasteiger partial charge in [0.15, 0.2) is 5.69 Å². The van der Waals surface area contributed by atoms with Crippen LogP contribution in [-0.4, -0.2) is 15.8 Å². The van der Waals surface area contributed by atoms with Crippen LogP contribution in [0, 0.1) is 19.7 Å². The summed E-state index contributed by atoms with van der Waals surface area (Å²) in [5.41, 5.74) is 5.86. The van der Waals surface area contributed by atoms with Crippen LogP contribution in [0.25, 0.3) is 0 Å². The lowest BCUT2D eigenvalue weighted by Gasteiger charge is -2.22. The lowest BCUT2D eigenvalue weighted by Crippen LogP contribution is -2.24. The molecule has 5 nitrogen and oxygen atoms in total. The fourth-order valence-electron chi connectivity index (χ4n) is 3.83. The van der Waals surface area contributed by atoms with Crippen LogP contribution in [0.3, 0.4) is 0 Å². The molecule has 0 bridgehead atoms. The number of oxazole rings is 1. The van der Waals surface area contributed by atoms with Gasteiger partial charge in [-0.3, -0.25) is 9.69 Å². The lowest BCUT2D eigenvalue weighted by molar-refractivity contribution is 0.0945. The number of nitrogens with one attached hydrogen (secondary N) is 1. The second kappa shape index (κ2) is 10.9. The molecule has 0 atom stereocenters. The van der Waals surface area contributed by atoms with Gasteiger partial charge in [-0.2, -0.15) is 0 Å². The van der Waals surface area contributed by atoms with Crippen molar-refractivity contribution in [2.24, 2.45) is 0 Å². The first kappa shape index (κ1) is 23.4. The number of halogens is 1. The highest BCUT2D eigenvalue weighted by Gasteiger charge is 2.16. The molecule has 0 unspecified atom stereocenters. The van der Waals surface area contributed by atoms with Gasteiger partial charge in [-0.05, 0) is 48.2 Å². The van der Waals surface area contributed by atoms with Crippen molar-refractivity contribution in [1.82, 2.24) is 15.2 Å². The average molecular weight is 458 g/mol. The van der Waals surface area contributed by atoms with E-state index in [1.54, 1.807) is 12.1 Å². The highest BCUT2D eigenvalue weighted by molar-refractivity contribution is 5.91. The molecule has 1 amide bonds. The molecule has 1 aromatic heterocycles. The number of aromatic nitrogens is 1. The number of rotatable bonds is 9. The zero-order valence-electron chi connectivity index (χ0n) is 19.4. The third kappa shape index (κ3) is 6.39. The van der Waals surface area contributed by atoms with Gasteiger partial charge in [0.05, 0.1) is 6.54 Å². The summed E-state index contributed by atoms with van der Waals surface area (Å²) in [7, 11) is 0. The molecule has 4 aromatic rings. The van der Waals surface area contributed by atoms with Crippen LogP contribution in [-0.2, 0) is 26.2 Å². The third-order valence-electron chi connectivity index (χ3n) is 5.65. The molecule has 0 fully saturated rings. The summed E-state index contributed by atoms with van der Waals surface area (Å²) in [6.45, 7) is 6.26. The first-order valence-electron chi connectivity index (χ1n) is 11.3. The number of carbonyl (C=O) groups excluding carboxylic acids is 1. The minimum atomic E-state index is -0.279. The average Bonchev–Trinajstić information content (AvgIpc) is 3.30. The van der Waals surface area contributed by atoms with Crippen LogP contribution in [0.1, 0.15) is 44.2 Å². The highest BCUT2D eigenvalue weighted by atomic mass is 19.1. The summed E-state index contributed by atoms with van der Waals surface area (Å²) in [6, 6.07) is 22.6. The zero-order chi connectivity index (χ0) is 23.9. The van der Waals surface area contributed by atoms with Crippen molar-refractivity contribution in [3.05, 3.63) is 124 Å². The van der Waals surface area contributed by atoms with Crippen LogP contribution >= 0.6 is 0 Å². The molecule has 0 saturated heterocycles. The van der Waals surface area contributed by atoms with E-state index < -0.39 is 0 Å². The molecule has 174 valence electrons. The van der Waals surface area contributed by atoms with Crippen molar-refractivity contribution in [3.63, 3.8) is 0 Å². The summed E-state index contributed by atoms with van der Waals surface area (Å²) in [5, 5.41) is 2.87. The largest absolute Gasteiger partial charge is 0.447 e. The third-order valence-corrected chi connectivity index (χ3v) is 5.65. The molecule has 1 N–H and O–H groups in total. The molecular weight excluding hydrogens is 429 g/mol. The quantitative estimate of drug-likeness (QED) is 0.357. The molecule has 0 saturated carbocycles. The molecule has 0 aliphatic heterocycles. The van der Waals surface area contributed by atoms with E-state index in [0.29, 0.717) is 32.1 Å². The SMILES string of the molecule is Cc1ccc(CN(Cc2ccc(F)cc2)Cc2nc(C(=O)NCc3ccccc3)co2)c(C)c1. The smallest absolute Gasteiger partial charge is 0.273 e. The maximum Gasteiger partial charge on any atom is 0.273 e. The normalized spacial score (nSPS) is 11.1. The lowest BCUT2D eigenvalue weighted by atomic mass is 10.0. The van der Waals surface area contributed by atoms with Crippen LogP contribution in [0.15, 0.2) is 83.5 Å². The number of nitrogens with zero attached hydrogens (tertiary/aromatic N) is 2. The summed E-state index contributed by atoms with van der Waals surface area (Å²) in [6.07, 6.45) is 1.39. The number of carbonyl (C=O) groups is 1. The number of hydrogen-bond acceptors (Lipinski definition) is 4. The first-order chi connectivity index (χ1) is 16.5. The van der Waals surface area contributed by atoms with E-state index in [0.717, 1.165) is 11.1 Å². The summed E-state index contributed by atoms with van der Waals surface area (Å²) < 4.78 is 19.0. The second-order valence-electron chi connectivity index (χ2n) is 8.50.